The molecule has 1 aliphatic carbocycles. The van der Waals surface area contributed by atoms with Crippen LogP contribution in [-0.4, -0.2) is 15.0 Å². The summed E-state index contributed by atoms with van der Waals surface area (Å²) < 4.78 is 0. The molecule has 9 rings (SSSR count). The third-order valence-corrected chi connectivity index (χ3v) is 8.88. The van der Waals surface area contributed by atoms with E-state index >= 15 is 0 Å². The van der Waals surface area contributed by atoms with E-state index in [0.717, 1.165) is 33.4 Å². The van der Waals surface area contributed by atoms with Crippen LogP contribution >= 0.6 is 0 Å². The summed E-state index contributed by atoms with van der Waals surface area (Å²) in [5.41, 5.74) is 12.7. The first-order valence-electron chi connectivity index (χ1n) is 15.5. The Balaban J connectivity index is 1.19. The Morgan fingerprint density at radius 2 is 0.696 bits per heavy atom. The summed E-state index contributed by atoms with van der Waals surface area (Å²) in [7, 11) is 0. The summed E-state index contributed by atoms with van der Waals surface area (Å²) in [6.45, 7) is 0. The van der Waals surface area contributed by atoms with E-state index in [1.165, 1.54) is 38.6 Å². The first kappa shape index (κ1) is 26.2. The Kier molecular flexibility index (Phi) is 6.14. The van der Waals surface area contributed by atoms with Crippen LogP contribution in [0, 0.1) is 0 Å². The predicted molar refractivity (Wildman–Crippen MR) is 189 cm³/mol. The third kappa shape index (κ3) is 4.41. The monoisotopic (exact) mass is 585 g/mol. The van der Waals surface area contributed by atoms with E-state index in [0.29, 0.717) is 17.5 Å². The van der Waals surface area contributed by atoms with Crippen molar-refractivity contribution >= 4 is 10.8 Å². The topological polar surface area (TPSA) is 38.7 Å². The molecular formula is C43H27N3. The van der Waals surface area contributed by atoms with Crippen molar-refractivity contribution in [3.8, 4) is 78.7 Å². The molecule has 0 spiro atoms. The van der Waals surface area contributed by atoms with E-state index in [-0.39, 0.29) is 0 Å². The fraction of sp³-hybridized carbons (Fsp3) is 0. The van der Waals surface area contributed by atoms with Gasteiger partial charge in [0.05, 0.1) is 0 Å². The van der Waals surface area contributed by atoms with Gasteiger partial charge in [0.25, 0.3) is 0 Å². The standard InChI is InChI=1S/C43H27N3/c1-3-12-28(13-4-1)30-16-9-18-32(26-30)42-44-41(29-14-5-2-6-15-29)45-43(46-42)33-19-10-17-31(27-33)34-24-25-39-36-21-8-7-20-35(36)38-23-11-22-37(34)40(38)39/h1-27H. The molecule has 0 unspecified atom stereocenters. The summed E-state index contributed by atoms with van der Waals surface area (Å²) in [6.07, 6.45) is 0. The maximum atomic E-state index is 5.07. The van der Waals surface area contributed by atoms with Gasteiger partial charge in [0.1, 0.15) is 0 Å². The van der Waals surface area contributed by atoms with Crippen LogP contribution < -0.4 is 0 Å². The molecule has 0 bridgehead atoms. The van der Waals surface area contributed by atoms with Crippen molar-refractivity contribution < 1.29 is 0 Å². The Morgan fingerprint density at radius 1 is 0.261 bits per heavy atom. The average Bonchev–Trinajstić information content (AvgIpc) is 3.47. The molecule has 46 heavy (non-hydrogen) atoms. The molecule has 3 nitrogen and oxygen atoms in total. The highest BCUT2D eigenvalue weighted by Crippen LogP contribution is 2.49. The SMILES string of the molecule is c1ccc(-c2cccc(-c3nc(-c4ccccc4)nc(-c4cccc(-c5ccc6c7c(cccc57)-c5ccccc5-6)c4)n3)c2)cc1. The van der Waals surface area contributed by atoms with Crippen molar-refractivity contribution in [2.45, 2.75) is 0 Å². The van der Waals surface area contributed by atoms with Gasteiger partial charge in [-0.25, -0.2) is 15.0 Å². The van der Waals surface area contributed by atoms with Crippen LogP contribution in [0.4, 0.5) is 0 Å². The molecular weight excluding hydrogens is 558 g/mol. The third-order valence-electron chi connectivity index (χ3n) is 8.88. The molecule has 1 aromatic heterocycles. The Morgan fingerprint density at radius 3 is 1.37 bits per heavy atom. The van der Waals surface area contributed by atoms with E-state index < -0.39 is 0 Å². The number of fused-ring (bicyclic) bond motifs is 3. The van der Waals surface area contributed by atoms with Crippen LogP contribution in [0.2, 0.25) is 0 Å². The van der Waals surface area contributed by atoms with E-state index in [9.17, 15) is 0 Å². The van der Waals surface area contributed by atoms with Crippen molar-refractivity contribution in [1.29, 1.82) is 0 Å². The molecule has 0 radical (unpaired) electrons. The molecule has 7 aromatic carbocycles. The number of rotatable bonds is 5. The molecule has 0 saturated heterocycles. The molecule has 214 valence electrons. The van der Waals surface area contributed by atoms with E-state index in [1.807, 2.05) is 36.4 Å². The Hall–Kier alpha value is -6.19. The lowest BCUT2D eigenvalue weighted by molar-refractivity contribution is 1.07. The molecule has 3 heteroatoms. The van der Waals surface area contributed by atoms with E-state index in [1.54, 1.807) is 0 Å². The Bertz CT molecular complexity index is 2380. The second-order valence-corrected chi connectivity index (χ2v) is 11.6. The highest BCUT2D eigenvalue weighted by molar-refractivity contribution is 6.18. The lowest BCUT2D eigenvalue weighted by Gasteiger charge is -2.12. The second-order valence-electron chi connectivity index (χ2n) is 11.6. The summed E-state index contributed by atoms with van der Waals surface area (Å²) in [4.78, 5) is 15.1. The lowest BCUT2D eigenvalue weighted by Crippen LogP contribution is -2.00. The van der Waals surface area contributed by atoms with Gasteiger partial charge < -0.3 is 0 Å². The maximum absolute atomic E-state index is 5.07. The molecule has 0 fully saturated rings. The summed E-state index contributed by atoms with van der Waals surface area (Å²) >= 11 is 0. The normalized spacial score (nSPS) is 11.5. The quantitative estimate of drug-likeness (QED) is 0.202. The van der Waals surface area contributed by atoms with Crippen molar-refractivity contribution in [1.82, 2.24) is 15.0 Å². The molecule has 0 amide bonds. The van der Waals surface area contributed by atoms with Gasteiger partial charge in [0.2, 0.25) is 0 Å². The molecule has 8 aromatic rings. The summed E-state index contributed by atoms with van der Waals surface area (Å²) in [6, 6.07) is 57.4. The zero-order chi connectivity index (χ0) is 30.5. The van der Waals surface area contributed by atoms with Gasteiger partial charge in [-0.2, -0.15) is 0 Å². The fourth-order valence-corrected chi connectivity index (χ4v) is 6.70. The van der Waals surface area contributed by atoms with Crippen molar-refractivity contribution in [3.63, 3.8) is 0 Å². The van der Waals surface area contributed by atoms with Crippen LogP contribution in [0.3, 0.4) is 0 Å². The van der Waals surface area contributed by atoms with Gasteiger partial charge >= 0.3 is 0 Å². The number of aromatic nitrogens is 3. The first-order valence-corrected chi connectivity index (χ1v) is 15.5. The maximum Gasteiger partial charge on any atom is 0.164 e. The highest BCUT2D eigenvalue weighted by Gasteiger charge is 2.22. The van der Waals surface area contributed by atoms with Crippen molar-refractivity contribution in [2.75, 3.05) is 0 Å². The van der Waals surface area contributed by atoms with Gasteiger partial charge in [0, 0.05) is 16.7 Å². The second kappa shape index (κ2) is 10.8. The summed E-state index contributed by atoms with van der Waals surface area (Å²) in [5, 5.41) is 2.57. The van der Waals surface area contributed by atoms with Crippen LogP contribution in [-0.2, 0) is 0 Å². The average molecular weight is 586 g/mol. The highest BCUT2D eigenvalue weighted by atomic mass is 15.0. The number of hydrogen-bond donors (Lipinski definition) is 0. The molecule has 0 atom stereocenters. The van der Waals surface area contributed by atoms with E-state index in [4.69, 9.17) is 15.0 Å². The molecule has 1 heterocycles. The minimum absolute atomic E-state index is 0.647. The number of nitrogens with zero attached hydrogens (tertiary/aromatic N) is 3. The Labute approximate surface area is 267 Å². The van der Waals surface area contributed by atoms with Crippen LogP contribution in [0.15, 0.2) is 164 Å². The molecule has 0 N–H and O–H groups in total. The van der Waals surface area contributed by atoms with Crippen molar-refractivity contribution in [3.05, 3.63) is 164 Å². The van der Waals surface area contributed by atoms with Crippen LogP contribution in [0.1, 0.15) is 0 Å². The van der Waals surface area contributed by atoms with Crippen molar-refractivity contribution in [2.24, 2.45) is 0 Å². The minimum Gasteiger partial charge on any atom is -0.208 e. The van der Waals surface area contributed by atoms with Crippen LogP contribution in [0.5, 0.6) is 0 Å². The lowest BCUT2D eigenvalue weighted by atomic mass is 9.93. The van der Waals surface area contributed by atoms with Gasteiger partial charge in [-0.1, -0.05) is 152 Å². The van der Waals surface area contributed by atoms with Gasteiger partial charge in [0.15, 0.2) is 17.5 Å². The minimum atomic E-state index is 0.647. The van der Waals surface area contributed by atoms with Crippen LogP contribution in [0.25, 0.3) is 89.4 Å². The van der Waals surface area contributed by atoms with E-state index in [2.05, 4.69) is 127 Å². The smallest absolute Gasteiger partial charge is 0.164 e. The largest absolute Gasteiger partial charge is 0.208 e. The van der Waals surface area contributed by atoms with Gasteiger partial charge in [-0.05, 0) is 67.4 Å². The molecule has 0 saturated carbocycles. The number of hydrogen-bond acceptors (Lipinski definition) is 3. The number of benzene rings is 7. The molecule has 0 aliphatic heterocycles. The zero-order valence-corrected chi connectivity index (χ0v) is 24.9. The zero-order valence-electron chi connectivity index (χ0n) is 24.9. The van der Waals surface area contributed by atoms with Gasteiger partial charge in [-0.3, -0.25) is 0 Å². The predicted octanol–water partition coefficient (Wildman–Crippen LogP) is 11.0. The van der Waals surface area contributed by atoms with Gasteiger partial charge in [-0.15, -0.1) is 0 Å². The summed E-state index contributed by atoms with van der Waals surface area (Å²) in [5.74, 6) is 1.95. The molecule has 1 aliphatic rings. The first-order chi connectivity index (χ1) is 22.8. The fourth-order valence-electron chi connectivity index (χ4n) is 6.70.